The Labute approximate surface area is 54.6 Å². The molecule has 0 aromatic carbocycles. The van der Waals surface area contributed by atoms with Gasteiger partial charge in [-0.05, 0) is 13.8 Å². The highest BCUT2D eigenvalue weighted by Gasteiger charge is 2.37. The molecule has 0 unspecified atom stereocenters. The van der Waals surface area contributed by atoms with E-state index in [1.165, 1.54) is 0 Å². The van der Waals surface area contributed by atoms with Gasteiger partial charge in [-0.3, -0.25) is 0 Å². The second kappa shape index (κ2) is 2.25. The van der Waals surface area contributed by atoms with Gasteiger partial charge in [0, 0.05) is 0 Å². The van der Waals surface area contributed by atoms with Gasteiger partial charge in [-0.15, -0.1) is 0 Å². The van der Waals surface area contributed by atoms with Gasteiger partial charge < -0.3 is 14.6 Å². The van der Waals surface area contributed by atoms with Crippen molar-refractivity contribution in [2.45, 2.75) is 25.6 Å². The third kappa shape index (κ3) is 1.08. The number of rotatable bonds is 1. The van der Waals surface area contributed by atoms with E-state index < -0.39 is 5.60 Å². The van der Waals surface area contributed by atoms with Crippen LogP contribution in [0, 0.1) is 0 Å². The van der Waals surface area contributed by atoms with Crippen LogP contribution in [-0.4, -0.2) is 30.2 Å². The summed E-state index contributed by atoms with van der Waals surface area (Å²) in [7, 11) is 0. The van der Waals surface area contributed by atoms with Crippen LogP contribution < -0.4 is 0 Å². The molecule has 1 heterocycles. The Morgan fingerprint density at radius 2 is 2.44 bits per heavy atom. The first-order valence-electron chi connectivity index (χ1n) is 3.05. The van der Waals surface area contributed by atoms with Crippen molar-refractivity contribution >= 4 is 0 Å². The minimum atomic E-state index is -0.472. The molecule has 1 saturated heterocycles. The predicted molar refractivity (Wildman–Crippen MR) is 32.0 cm³/mol. The summed E-state index contributed by atoms with van der Waals surface area (Å²) in [6.45, 7) is 4.06. The van der Waals surface area contributed by atoms with Gasteiger partial charge in [0.2, 0.25) is 0 Å². The van der Waals surface area contributed by atoms with Crippen molar-refractivity contribution in [1.82, 2.24) is 0 Å². The Bertz CT molecular complexity index is 104. The average Bonchev–Trinajstić information content (AvgIpc) is 2.15. The lowest BCUT2D eigenvalue weighted by Gasteiger charge is -2.22. The third-order valence-electron chi connectivity index (χ3n) is 1.88. The highest BCUT2D eigenvalue weighted by atomic mass is 16.7. The van der Waals surface area contributed by atoms with Crippen molar-refractivity contribution in [2.75, 3.05) is 13.4 Å². The topological polar surface area (TPSA) is 38.7 Å². The van der Waals surface area contributed by atoms with Crippen molar-refractivity contribution in [3.63, 3.8) is 0 Å². The lowest BCUT2D eigenvalue weighted by atomic mass is 10.0. The molecule has 0 amide bonds. The molecular formula is C6H12O3. The summed E-state index contributed by atoms with van der Waals surface area (Å²) in [5.74, 6) is 0. The zero-order valence-electron chi connectivity index (χ0n) is 5.76. The monoisotopic (exact) mass is 132 g/mol. The maximum Gasteiger partial charge on any atom is 0.148 e. The van der Waals surface area contributed by atoms with Crippen LogP contribution >= 0.6 is 0 Å². The van der Waals surface area contributed by atoms with E-state index in [0.29, 0.717) is 6.79 Å². The van der Waals surface area contributed by atoms with Crippen molar-refractivity contribution in [3.8, 4) is 0 Å². The highest BCUT2D eigenvalue weighted by Crippen LogP contribution is 2.23. The van der Waals surface area contributed by atoms with Crippen molar-refractivity contribution < 1.29 is 14.6 Å². The predicted octanol–water partition coefficient (Wildman–Crippen LogP) is 0.130. The minimum Gasteiger partial charge on any atom is -0.393 e. The molecule has 0 aromatic heterocycles. The maximum absolute atomic E-state index is 8.79. The van der Waals surface area contributed by atoms with Crippen LogP contribution in [0.15, 0.2) is 0 Å². The molecule has 2 atom stereocenters. The molecule has 0 aliphatic carbocycles. The highest BCUT2D eigenvalue weighted by molar-refractivity contribution is 4.83. The quantitative estimate of drug-likeness (QED) is 0.551. The molecule has 0 saturated carbocycles. The van der Waals surface area contributed by atoms with Gasteiger partial charge in [0.05, 0.1) is 12.7 Å². The minimum absolute atomic E-state index is 0.00231. The fraction of sp³-hybridized carbons (Fsp3) is 1.00. The molecule has 1 fully saturated rings. The Balaban J connectivity index is 2.56. The fourth-order valence-corrected chi connectivity index (χ4v) is 0.739. The molecule has 1 rings (SSSR count). The molecule has 0 bridgehead atoms. The van der Waals surface area contributed by atoms with Crippen LogP contribution in [0.1, 0.15) is 13.8 Å². The largest absolute Gasteiger partial charge is 0.393 e. The second-order valence-corrected chi connectivity index (χ2v) is 2.54. The van der Waals surface area contributed by atoms with E-state index in [4.69, 9.17) is 14.6 Å². The van der Waals surface area contributed by atoms with Gasteiger partial charge in [0.15, 0.2) is 0 Å². The summed E-state index contributed by atoms with van der Waals surface area (Å²) < 4.78 is 10.2. The number of hydrogen-bond donors (Lipinski definition) is 1. The lowest BCUT2D eigenvalue weighted by Crippen LogP contribution is -2.38. The molecule has 54 valence electrons. The lowest BCUT2D eigenvalue weighted by molar-refractivity contribution is -0.0327. The molecule has 1 aliphatic heterocycles. The number of aliphatic hydroxyl groups excluding tert-OH is 1. The van der Waals surface area contributed by atoms with Crippen LogP contribution in [0.2, 0.25) is 0 Å². The molecule has 9 heavy (non-hydrogen) atoms. The van der Waals surface area contributed by atoms with Gasteiger partial charge in [0.25, 0.3) is 0 Å². The normalized spacial score (nSPS) is 43.7. The van der Waals surface area contributed by atoms with E-state index in [1.54, 1.807) is 0 Å². The van der Waals surface area contributed by atoms with Gasteiger partial charge in [-0.25, -0.2) is 0 Å². The van der Waals surface area contributed by atoms with Gasteiger partial charge in [-0.2, -0.15) is 0 Å². The van der Waals surface area contributed by atoms with Crippen molar-refractivity contribution in [1.29, 1.82) is 0 Å². The van der Waals surface area contributed by atoms with Crippen LogP contribution in [0.3, 0.4) is 0 Å². The van der Waals surface area contributed by atoms with Crippen LogP contribution in [0.5, 0.6) is 0 Å². The molecule has 1 aliphatic rings. The van der Waals surface area contributed by atoms with E-state index in [1.807, 2.05) is 13.8 Å². The first-order chi connectivity index (χ1) is 4.19. The van der Waals surface area contributed by atoms with E-state index in [-0.39, 0.29) is 12.7 Å². The molecule has 0 spiro atoms. The summed E-state index contributed by atoms with van der Waals surface area (Å²) in [5, 5.41) is 8.79. The molecule has 0 aromatic rings. The number of ether oxygens (including phenoxy) is 2. The Morgan fingerprint density at radius 1 is 1.78 bits per heavy atom. The Kier molecular flexibility index (Phi) is 1.75. The summed E-state index contributed by atoms with van der Waals surface area (Å²) in [6.07, 6.45) is 0.00231. The number of hydrogen-bond acceptors (Lipinski definition) is 3. The van der Waals surface area contributed by atoms with Crippen molar-refractivity contribution in [2.24, 2.45) is 0 Å². The molecular weight excluding hydrogens is 120 g/mol. The van der Waals surface area contributed by atoms with Gasteiger partial charge in [-0.1, -0.05) is 0 Å². The smallest absolute Gasteiger partial charge is 0.148 e. The molecule has 3 heteroatoms. The first-order valence-corrected chi connectivity index (χ1v) is 3.05. The first kappa shape index (κ1) is 6.99. The fourth-order valence-electron chi connectivity index (χ4n) is 0.739. The second-order valence-electron chi connectivity index (χ2n) is 2.54. The van der Waals surface area contributed by atoms with E-state index in [0.717, 1.165) is 0 Å². The van der Waals surface area contributed by atoms with Crippen LogP contribution in [0.25, 0.3) is 0 Å². The zero-order valence-corrected chi connectivity index (χ0v) is 5.76. The van der Waals surface area contributed by atoms with Gasteiger partial charge in [0.1, 0.15) is 12.4 Å². The third-order valence-corrected chi connectivity index (χ3v) is 1.88. The van der Waals surface area contributed by atoms with E-state index in [2.05, 4.69) is 0 Å². The van der Waals surface area contributed by atoms with Crippen LogP contribution in [0.4, 0.5) is 0 Å². The van der Waals surface area contributed by atoms with Crippen LogP contribution in [-0.2, 0) is 9.47 Å². The van der Waals surface area contributed by atoms with E-state index >= 15 is 0 Å². The zero-order chi connectivity index (χ0) is 6.91. The Morgan fingerprint density at radius 3 is 2.67 bits per heavy atom. The maximum atomic E-state index is 8.79. The average molecular weight is 132 g/mol. The van der Waals surface area contributed by atoms with E-state index in [9.17, 15) is 0 Å². The summed E-state index contributed by atoms with van der Waals surface area (Å²) >= 11 is 0. The molecule has 0 radical (unpaired) electrons. The Hall–Kier alpha value is -0.120. The van der Waals surface area contributed by atoms with Crippen molar-refractivity contribution in [3.05, 3.63) is 0 Å². The number of aliphatic hydroxyl groups is 1. The summed E-state index contributed by atoms with van der Waals surface area (Å²) in [4.78, 5) is 0. The molecule has 1 N–H and O–H groups in total. The molecule has 3 nitrogen and oxygen atoms in total. The standard InChI is InChI=1S/C6H12O3/c1-5-6(2,3-7)9-4-8-5/h5,7H,3-4H2,1-2H3/t5-,6-/m1/s1. The summed E-state index contributed by atoms with van der Waals surface area (Å²) in [5.41, 5.74) is -0.472. The SMILES string of the molecule is C[C@H]1OCO[C@]1(C)CO. The van der Waals surface area contributed by atoms with Gasteiger partial charge >= 0.3 is 0 Å². The summed E-state index contributed by atoms with van der Waals surface area (Å²) in [6, 6.07) is 0.